The highest BCUT2D eigenvalue weighted by Crippen LogP contribution is 2.36. The molecule has 0 aliphatic carbocycles. The number of aromatic amines is 1. The average molecular weight is 393 g/mol. The molecule has 148 valence electrons. The number of H-pyrrole nitrogens is 1. The highest BCUT2D eigenvalue weighted by Gasteiger charge is 2.27. The van der Waals surface area contributed by atoms with Crippen molar-refractivity contribution in [3.05, 3.63) is 47.9 Å². The van der Waals surface area contributed by atoms with Gasteiger partial charge < -0.3 is 15.4 Å². The number of rotatable bonds is 5. The first-order valence-corrected chi connectivity index (χ1v) is 9.25. The van der Waals surface area contributed by atoms with Crippen molar-refractivity contribution in [3.8, 4) is 23.1 Å². The number of nitrogens with one attached hydrogen (secondary N) is 3. The van der Waals surface area contributed by atoms with Crippen molar-refractivity contribution in [3.63, 3.8) is 0 Å². The largest absolute Gasteiger partial charge is 0.496 e. The first-order valence-electron chi connectivity index (χ1n) is 9.25. The number of methoxy groups -OCH3 is 1. The molecule has 0 spiro atoms. The Bertz CT molecular complexity index is 1030. The molecule has 9 heteroatoms. The molecular weight excluding hydrogens is 373 g/mol. The Morgan fingerprint density at radius 3 is 2.86 bits per heavy atom. The van der Waals surface area contributed by atoms with E-state index in [1.54, 1.807) is 7.11 Å². The third kappa shape index (κ3) is 4.02. The number of anilines is 2. The number of hydrogen-bond donors (Lipinski definition) is 3. The lowest BCUT2D eigenvalue weighted by molar-refractivity contribution is 0.231. The maximum absolute atomic E-state index is 14.3. The van der Waals surface area contributed by atoms with Crippen LogP contribution in [0.15, 0.2) is 36.7 Å². The molecule has 0 radical (unpaired) electrons. The van der Waals surface area contributed by atoms with Crippen LogP contribution in [-0.2, 0) is 0 Å². The summed E-state index contributed by atoms with van der Waals surface area (Å²) in [6, 6.07) is 9.51. The third-order valence-electron chi connectivity index (χ3n) is 4.95. The summed E-state index contributed by atoms with van der Waals surface area (Å²) in [6.07, 6.45) is 2.70. The smallest absolute Gasteiger partial charge is 0.158 e. The van der Waals surface area contributed by atoms with Crippen molar-refractivity contribution < 1.29 is 9.13 Å². The van der Waals surface area contributed by atoms with E-state index in [1.807, 2.05) is 30.3 Å². The van der Waals surface area contributed by atoms with Gasteiger partial charge in [-0.05, 0) is 30.7 Å². The van der Waals surface area contributed by atoms with Crippen LogP contribution in [0.2, 0.25) is 0 Å². The van der Waals surface area contributed by atoms with Crippen LogP contribution in [0.5, 0.6) is 5.75 Å². The number of alkyl halides is 1. The first-order chi connectivity index (χ1) is 14.2. The lowest BCUT2D eigenvalue weighted by Gasteiger charge is -2.27. The molecule has 3 N–H and O–H groups in total. The van der Waals surface area contributed by atoms with Gasteiger partial charge in [-0.3, -0.25) is 5.10 Å². The molecule has 1 fully saturated rings. The molecule has 1 aliphatic rings. The minimum Gasteiger partial charge on any atom is -0.496 e. The summed E-state index contributed by atoms with van der Waals surface area (Å²) in [5, 5.41) is 22.1. The highest BCUT2D eigenvalue weighted by atomic mass is 19.1. The zero-order valence-electron chi connectivity index (χ0n) is 15.8. The first kappa shape index (κ1) is 18.8. The quantitative estimate of drug-likeness (QED) is 0.611. The minimum absolute atomic E-state index is 0.131. The summed E-state index contributed by atoms with van der Waals surface area (Å²) in [4.78, 5) is 8.08. The van der Waals surface area contributed by atoms with Crippen molar-refractivity contribution in [1.82, 2.24) is 25.5 Å². The normalized spacial score (nSPS) is 18.8. The van der Waals surface area contributed by atoms with Gasteiger partial charge in [-0.1, -0.05) is 6.07 Å². The van der Waals surface area contributed by atoms with Gasteiger partial charge in [0.15, 0.2) is 11.5 Å². The van der Waals surface area contributed by atoms with Gasteiger partial charge >= 0.3 is 0 Å². The number of hydrogen-bond acceptors (Lipinski definition) is 7. The van der Waals surface area contributed by atoms with Crippen LogP contribution in [0.25, 0.3) is 11.3 Å². The van der Waals surface area contributed by atoms with Crippen molar-refractivity contribution in [1.29, 1.82) is 5.26 Å². The standard InChI is InChI=1S/C20H20FN7O/c1-29-18-6-12(14-4-5-23-10-16(14)21)2-3-15(18)17-7-19(28-27-17)26-20-11-24-13(8-22)9-25-20/h2-3,6-7,9,11,14,16,23H,4-5,10H2,1H3,(H2,25,26,27,28). The van der Waals surface area contributed by atoms with Gasteiger partial charge in [-0.2, -0.15) is 10.4 Å². The zero-order chi connectivity index (χ0) is 20.2. The molecule has 3 aromatic rings. The fourth-order valence-corrected chi connectivity index (χ4v) is 3.46. The van der Waals surface area contributed by atoms with Crippen molar-refractivity contribution in [2.24, 2.45) is 0 Å². The van der Waals surface area contributed by atoms with Crippen molar-refractivity contribution >= 4 is 11.6 Å². The van der Waals surface area contributed by atoms with Crippen molar-refractivity contribution in [2.45, 2.75) is 18.5 Å². The molecule has 2 unspecified atom stereocenters. The van der Waals surface area contributed by atoms with E-state index in [2.05, 4.69) is 30.8 Å². The fourth-order valence-electron chi connectivity index (χ4n) is 3.46. The van der Waals surface area contributed by atoms with E-state index in [0.29, 0.717) is 23.9 Å². The number of aromatic nitrogens is 4. The monoisotopic (exact) mass is 393 g/mol. The van der Waals surface area contributed by atoms with Crippen LogP contribution in [0.3, 0.4) is 0 Å². The van der Waals surface area contributed by atoms with E-state index in [0.717, 1.165) is 29.8 Å². The van der Waals surface area contributed by atoms with Crippen LogP contribution in [0.4, 0.5) is 16.0 Å². The Morgan fingerprint density at radius 2 is 2.14 bits per heavy atom. The van der Waals surface area contributed by atoms with E-state index in [4.69, 9.17) is 10.00 Å². The second kappa shape index (κ2) is 8.24. The van der Waals surface area contributed by atoms with Crippen LogP contribution in [0.1, 0.15) is 23.6 Å². The molecule has 3 heterocycles. The molecule has 4 rings (SSSR count). The molecule has 2 aromatic heterocycles. The summed E-state index contributed by atoms with van der Waals surface area (Å²) < 4.78 is 19.9. The van der Waals surface area contributed by atoms with Gasteiger partial charge in [-0.15, -0.1) is 0 Å². The lowest BCUT2D eigenvalue weighted by Crippen LogP contribution is -2.36. The van der Waals surface area contributed by atoms with Crippen LogP contribution in [-0.4, -0.2) is 46.5 Å². The number of piperidine rings is 1. The Balaban J connectivity index is 1.55. The number of benzene rings is 1. The molecule has 0 bridgehead atoms. The minimum atomic E-state index is -0.907. The zero-order valence-corrected chi connectivity index (χ0v) is 15.8. The van der Waals surface area contributed by atoms with Crippen LogP contribution >= 0.6 is 0 Å². The van der Waals surface area contributed by atoms with Gasteiger partial charge in [-0.25, -0.2) is 14.4 Å². The van der Waals surface area contributed by atoms with Gasteiger partial charge in [0.05, 0.1) is 25.2 Å². The summed E-state index contributed by atoms with van der Waals surface area (Å²) >= 11 is 0. The van der Waals surface area contributed by atoms with Gasteiger partial charge in [0, 0.05) is 24.1 Å². The Morgan fingerprint density at radius 1 is 1.24 bits per heavy atom. The van der Waals surface area contributed by atoms with Gasteiger partial charge in [0.1, 0.15) is 23.8 Å². The maximum Gasteiger partial charge on any atom is 0.158 e. The summed E-state index contributed by atoms with van der Waals surface area (Å²) in [6.45, 7) is 1.19. The van der Waals surface area contributed by atoms with E-state index in [-0.39, 0.29) is 11.6 Å². The van der Waals surface area contributed by atoms with Gasteiger partial charge in [0.25, 0.3) is 0 Å². The summed E-state index contributed by atoms with van der Waals surface area (Å²) in [5.74, 6) is 1.55. The topological polar surface area (TPSA) is 112 Å². The summed E-state index contributed by atoms with van der Waals surface area (Å²) in [7, 11) is 1.60. The van der Waals surface area contributed by atoms with Crippen LogP contribution < -0.4 is 15.4 Å². The van der Waals surface area contributed by atoms with Crippen LogP contribution in [0, 0.1) is 11.3 Å². The van der Waals surface area contributed by atoms with Gasteiger partial charge in [0.2, 0.25) is 0 Å². The Kier molecular flexibility index (Phi) is 5.35. The van der Waals surface area contributed by atoms with E-state index in [9.17, 15) is 4.39 Å². The average Bonchev–Trinajstić information content (AvgIpc) is 3.22. The predicted octanol–water partition coefficient (Wildman–Crippen LogP) is 2.91. The maximum atomic E-state index is 14.3. The lowest BCUT2D eigenvalue weighted by atomic mass is 9.88. The Labute approximate surface area is 167 Å². The van der Waals surface area contributed by atoms with E-state index < -0.39 is 6.17 Å². The predicted molar refractivity (Wildman–Crippen MR) is 106 cm³/mol. The molecule has 0 saturated carbocycles. The number of halogens is 1. The number of nitrogens with zero attached hydrogens (tertiary/aromatic N) is 4. The van der Waals surface area contributed by atoms with Crippen molar-refractivity contribution in [2.75, 3.05) is 25.5 Å². The SMILES string of the molecule is COc1cc(C2CCNCC2F)ccc1-c1cc(Nc2cnc(C#N)cn2)n[nH]1. The Hall–Kier alpha value is -3.51. The summed E-state index contributed by atoms with van der Waals surface area (Å²) in [5.41, 5.74) is 2.75. The molecular formula is C20H20FN7O. The highest BCUT2D eigenvalue weighted by molar-refractivity contribution is 5.71. The second-order valence-corrected chi connectivity index (χ2v) is 6.77. The molecule has 1 aromatic carbocycles. The molecule has 8 nitrogen and oxygen atoms in total. The molecule has 1 saturated heterocycles. The number of nitriles is 1. The second-order valence-electron chi connectivity index (χ2n) is 6.77. The fraction of sp³-hybridized carbons (Fsp3) is 0.300. The van der Waals surface area contributed by atoms with E-state index in [1.165, 1.54) is 12.4 Å². The molecule has 29 heavy (non-hydrogen) atoms. The molecule has 2 atom stereocenters. The molecule has 0 amide bonds. The number of ether oxygens (including phenoxy) is 1. The van der Waals surface area contributed by atoms with E-state index >= 15 is 0 Å². The molecule has 1 aliphatic heterocycles. The third-order valence-corrected chi connectivity index (χ3v) is 4.95.